The summed E-state index contributed by atoms with van der Waals surface area (Å²) in [6, 6.07) is 0. The average Bonchev–Trinajstić information content (AvgIpc) is 2.59. The predicted molar refractivity (Wildman–Crippen MR) is 111 cm³/mol. The molecule has 138 valence electrons. The van der Waals surface area contributed by atoms with Gasteiger partial charge in [-0.25, -0.2) is 0 Å². The first-order valence-electron chi connectivity index (χ1n) is 9.33. The van der Waals surface area contributed by atoms with Crippen molar-refractivity contribution in [1.82, 2.24) is 0 Å². The van der Waals surface area contributed by atoms with Crippen LogP contribution in [0.15, 0.2) is 0 Å². The third-order valence-electron chi connectivity index (χ3n) is 0.500. The van der Waals surface area contributed by atoms with E-state index in [9.17, 15) is 0 Å². The van der Waals surface area contributed by atoms with E-state index in [1.807, 2.05) is 83.1 Å². The highest BCUT2D eigenvalue weighted by Crippen LogP contribution is 1.76. The lowest BCUT2D eigenvalue weighted by Crippen LogP contribution is -1.47. The van der Waals surface area contributed by atoms with Crippen LogP contribution in [-0.2, 0) is 0 Å². The van der Waals surface area contributed by atoms with Crippen molar-refractivity contribution in [3.05, 3.63) is 0 Å². The van der Waals surface area contributed by atoms with Gasteiger partial charge in [0.25, 0.3) is 0 Å². The van der Waals surface area contributed by atoms with Crippen molar-refractivity contribution in [3.63, 3.8) is 0 Å². The van der Waals surface area contributed by atoms with Crippen molar-refractivity contribution >= 4 is 0 Å². The molecule has 0 spiro atoms. The fourth-order valence-corrected chi connectivity index (χ4v) is 0. The van der Waals surface area contributed by atoms with Crippen molar-refractivity contribution < 1.29 is 0 Å². The second kappa shape index (κ2) is 684. The maximum Gasteiger partial charge on any atom is -0.0564 e. The topological polar surface area (TPSA) is 0 Å². The van der Waals surface area contributed by atoms with Crippen molar-refractivity contribution in [1.29, 1.82) is 0 Å². The quantitative estimate of drug-likeness (QED) is 0.451. The van der Waals surface area contributed by atoms with Crippen LogP contribution < -0.4 is 0 Å². The minimum atomic E-state index is 0. The molecule has 0 N–H and O–H groups in total. The van der Waals surface area contributed by atoms with Crippen LogP contribution in [0.1, 0.15) is 137 Å². The Morgan fingerprint density at radius 2 is 0.400 bits per heavy atom. The fourth-order valence-electron chi connectivity index (χ4n) is 0. The van der Waals surface area contributed by atoms with E-state index in [-0.39, 0.29) is 7.43 Å². The monoisotopic (exact) mass is 298 g/mol. The number of hydrogen-bond acceptors (Lipinski definition) is 0. The van der Waals surface area contributed by atoms with Crippen LogP contribution in [0, 0.1) is 0 Å². The molecular formula is C20H58. The molecule has 0 rings (SSSR count). The highest BCUT2D eigenvalue weighted by Gasteiger charge is 1.56. The minimum absolute atomic E-state index is 0. The van der Waals surface area contributed by atoms with Gasteiger partial charge in [-0.15, -0.1) is 0 Å². The zero-order valence-corrected chi connectivity index (χ0v) is 18.1. The summed E-state index contributed by atoms with van der Waals surface area (Å²) in [5.41, 5.74) is 0. The maximum atomic E-state index is 2.18. The first-order valence-corrected chi connectivity index (χ1v) is 9.33. The lowest BCUT2D eigenvalue weighted by molar-refractivity contribution is 0.886. The van der Waals surface area contributed by atoms with Crippen LogP contribution in [0.2, 0.25) is 0 Å². The molecular weight excluding hydrogens is 240 g/mol. The molecule has 0 aromatic carbocycles. The van der Waals surface area contributed by atoms with Crippen LogP contribution in [0.5, 0.6) is 0 Å². The third kappa shape index (κ3) is 5200. The summed E-state index contributed by atoms with van der Waals surface area (Å²) >= 11 is 0. The van der Waals surface area contributed by atoms with E-state index in [1.165, 1.54) is 19.3 Å². The van der Waals surface area contributed by atoms with Crippen LogP contribution in [0.4, 0.5) is 0 Å². The van der Waals surface area contributed by atoms with E-state index in [2.05, 4.69) is 27.7 Å². The summed E-state index contributed by atoms with van der Waals surface area (Å²) in [7, 11) is 0. The Kier molecular flexibility index (Phi) is 2040. The average molecular weight is 299 g/mol. The summed E-state index contributed by atoms with van der Waals surface area (Å²) in [5.74, 6) is 0. The molecule has 0 aliphatic heterocycles. The molecule has 0 saturated heterocycles. The highest BCUT2D eigenvalue weighted by atomic mass is 13.6. The Morgan fingerprint density at radius 3 is 0.400 bits per heavy atom. The van der Waals surface area contributed by atoms with Gasteiger partial charge in [-0.05, 0) is 0 Å². The Bertz CT molecular complexity index is 7.51. The van der Waals surface area contributed by atoms with E-state index in [4.69, 9.17) is 0 Å². The summed E-state index contributed by atoms with van der Waals surface area (Å²) in [5, 5.41) is 0. The third-order valence-corrected chi connectivity index (χ3v) is 0.500. The fraction of sp³-hybridized carbons (Fsp3) is 1.00. The number of rotatable bonds is 1. The first kappa shape index (κ1) is 59.7. The summed E-state index contributed by atoms with van der Waals surface area (Å²) < 4.78 is 0. The van der Waals surface area contributed by atoms with E-state index in [0.29, 0.717) is 0 Å². The molecule has 0 aliphatic carbocycles. The van der Waals surface area contributed by atoms with Crippen LogP contribution in [-0.4, -0.2) is 0 Å². The highest BCUT2D eigenvalue weighted by molar-refractivity contribution is 4.12. The molecule has 0 saturated carbocycles. The van der Waals surface area contributed by atoms with Gasteiger partial charge in [0.1, 0.15) is 0 Å². The molecule has 0 radical (unpaired) electrons. The maximum absolute atomic E-state index is 2.18. The van der Waals surface area contributed by atoms with E-state index in [1.54, 1.807) is 0 Å². The minimum Gasteiger partial charge on any atom is -0.0776 e. The molecule has 0 nitrogen and oxygen atoms in total. The summed E-state index contributed by atoms with van der Waals surface area (Å²) in [4.78, 5) is 0. The second-order valence-corrected chi connectivity index (χ2v) is 1.71. The van der Waals surface area contributed by atoms with E-state index in [0.717, 1.165) is 0 Å². The zero-order valence-electron chi connectivity index (χ0n) is 18.1. The Balaban J connectivity index is -0.0000000100. The number of hydrogen-bond donors (Lipinski definition) is 0. The Labute approximate surface area is 138 Å². The second-order valence-electron chi connectivity index (χ2n) is 1.71. The van der Waals surface area contributed by atoms with E-state index >= 15 is 0 Å². The SMILES string of the molecule is C.CC.CC.CC.CC.CC.CC.CCC.CCCC. The molecule has 0 aliphatic rings. The van der Waals surface area contributed by atoms with Gasteiger partial charge in [-0.3, -0.25) is 0 Å². The standard InChI is InChI=1S/C4H10.C3H8.6C2H6.CH4/c1-3-4-2;1-3-2;6*1-2;/h3-4H2,1-2H3;3H2,1-2H3;6*1-2H3;1H4. The van der Waals surface area contributed by atoms with Crippen LogP contribution in [0.3, 0.4) is 0 Å². The number of unbranched alkanes of at least 4 members (excludes halogenated alkanes) is 1. The molecule has 20 heavy (non-hydrogen) atoms. The molecule has 0 fully saturated rings. The largest absolute Gasteiger partial charge is 0.0776 e. The van der Waals surface area contributed by atoms with Gasteiger partial charge in [0.05, 0.1) is 0 Å². The van der Waals surface area contributed by atoms with Crippen molar-refractivity contribution in [3.8, 4) is 0 Å². The van der Waals surface area contributed by atoms with Gasteiger partial charge in [0.15, 0.2) is 0 Å². The molecule has 0 heteroatoms. The predicted octanol–water partition coefficient (Wildman–Crippen LogP) is 10.0. The van der Waals surface area contributed by atoms with Crippen LogP contribution in [0.25, 0.3) is 0 Å². The molecule has 0 atom stereocenters. The molecule has 0 unspecified atom stereocenters. The van der Waals surface area contributed by atoms with Gasteiger partial charge < -0.3 is 0 Å². The molecule has 0 amide bonds. The van der Waals surface area contributed by atoms with Crippen molar-refractivity contribution in [2.45, 2.75) is 137 Å². The molecule has 0 bridgehead atoms. The van der Waals surface area contributed by atoms with Gasteiger partial charge in [-0.1, -0.05) is 137 Å². The summed E-state index contributed by atoms with van der Waals surface area (Å²) in [6.45, 7) is 32.6. The molecule has 0 aromatic heterocycles. The first-order chi connectivity index (χ1) is 9.33. The lowest BCUT2D eigenvalue weighted by atomic mass is 10.4. The van der Waals surface area contributed by atoms with Crippen molar-refractivity contribution in [2.75, 3.05) is 0 Å². The van der Waals surface area contributed by atoms with Gasteiger partial charge in [-0.2, -0.15) is 0 Å². The summed E-state index contributed by atoms with van der Waals surface area (Å²) in [6.07, 6.45) is 3.89. The van der Waals surface area contributed by atoms with E-state index < -0.39 is 0 Å². The molecule has 0 heterocycles. The molecule has 0 aromatic rings. The Hall–Kier alpha value is 0. The smallest absolute Gasteiger partial charge is 0.0564 e. The van der Waals surface area contributed by atoms with Gasteiger partial charge in [0.2, 0.25) is 0 Å². The zero-order chi connectivity index (χ0) is 18.1. The van der Waals surface area contributed by atoms with Crippen molar-refractivity contribution in [2.24, 2.45) is 0 Å². The Morgan fingerprint density at radius 1 is 0.350 bits per heavy atom. The lowest BCUT2D eigenvalue weighted by Gasteiger charge is -1.68. The van der Waals surface area contributed by atoms with Crippen LogP contribution >= 0.6 is 0 Å². The van der Waals surface area contributed by atoms with Gasteiger partial charge >= 0.3 is 0 Å². The normalized spacial score (nSPS) is 4.20. The van der Waals surface area contributed by atoms with Gasteiger partial charge in [0, 0.05) is 0 Å².